The van der Waals surface area contributed by atoms with Gasteiger partial charge < -0.3 is 19.9 Å². The lowest BCUT2D eigenvalue weighted by atomic mass is 9.79. The first kappa shape index (κ1) is 24.0. The molecule has 0 aliphatic heterocycles. The maximum Gasteiger partial charge on any atom is 0.329 e. The van der Waals surface area contributed by atoms with Gasteiger partial charge in [0.25, 0.3) is 0 Å². The summed E-state index contributed by atoms with van der Waals surface area (Å²) in [7, 11) is 0. The molecule has 0 heterocycles. The largest absolute Gasteiger partial charge is 0.487 e. The molecule has 3 aliphatic rings. The predicted octanol–water partition coefficient (Wildman–Crippen LogP) is 6.47. The van der Waals surface area contributed by atoms with Gasteiger partial charge in [-0.3, -0.25) is 0 Å². The highest BCUT2D eigenvalue weighted by atomic mass is 19.3. The Balaban J connectivity index is 1.48. The van der Waals surface area contributed by atoms with Gasteiger partial charge in [0, 0.05) is 24.1 Å². The van der Waals surface area contributed by atoms with Gasteiger partial charge in [0.1, 0.15) is 5.54 Å². The Morgan fingerprint density at radius 2 is 1.71 bits per heavy atom. The first-order valence-electron chi connectivity index (χ1n) is 12.3. The molecule has 5 rings (SSSR count). The topological polar surface area (TPSA) is 67.8 Å². The van der Waals surface area contributed by atoms with Crippen LogP contribution in [0.3, 0.4) is 0 Å². The maximum absolute atomic E-state index is 15.5. The van der Waals surface area contributed by atoms with Crippen molar-refractivity contribution in [3.63, 3.8) is 0 Å². The number of aryl methyl sites for hydroxylation is 1. The molecular weight excluding hydrogens is 459 g/mol. The van der Waals surface area contributed by atoms with E-state index in [1.807, 2.05) is 6.92 Å². The maximum atomic E-state index is 15.5. The minimum atomic E-state index is -2.85. The van der Waals surface area contributed by atoms with E-state index in [4.69, 9.17) is 9.47 Å². The summed E-state index contributed by atoms with van der Waals surface area (Å²) in [5, 5.41) is 12.9. The van der Waals surface area contributed by atoms with E-state index in [1.165, 1.54) is 0 Å². The van der Waals surface area contributed by atoms with Gasteiger partial charge in [-0.05, 0) is 86.4 Å². The molecule has 3 aliphatic carbocycles. The summed E-state index contributed by atoms with van der Waals surface area (Å²) in [6, 6.07) is 8.62. The van der Waals surface area contributed by atoms with Gasteiger partial charge in [-0.15, -0.1) is 0 Å². The Bertz CT molecular complexity index is 1120. The molecule has 5 nitrogen and oxygen atoms in total. The van der Waals surface area contributed by atoms with E-state index in [9.17, 15) is 18.7 Å². The van der Waals surface area contributed by atoms with Crippen molar-refractivity contribution in [2.75, 3.05) is 5.32 Å². The average Bonchev–Trinajstić information content (AvgIpc) is 3.72. The highest BCUT2D eigenvalue weighted by Gasteiger charge is 2.48. The van der Waals surface area contributed by atoms with Crippen LogP contribution < -0.4 is 10.1 Å². The fraction of sp³-hybridized carbons (Fsp3) is 0.519. The molecule has 188 valence electrons. The van der Waals surface area contributed by atoms with Crippen molar-refractivity contribution in [1.82, 2.24) is 0 Å². The van der Waals surface area contributed by atoms with Gasteiger partial charge >= 0.3 is 5.97 Å². The van der Waals surface area contributed by atoms with Crippen molar-refractivity contribution in [1.29, 1.82) is 0 Å². The molecule has 3 fully saturated rings. The lowest BCUT2D eigenvalue weighted by Gasteiger charge is -2.38. The molecule has 0 spiro atoms. The van der Waals surface area contributed by atoms with E-state index < -0.39 is 36.1 Å². The highest BCUT2D eigenvalue weighted by Crippen LogP contribution is 2.42. The van der Waals surface area contributed by atoms with Crippen LogP contribution in [-0.4, -0.2) is 34.7 Å². The zero-order chi connectivity index (χ0) is 24.8. The fourth-order valence-corrected chi connectivity index (χ4v) is 4.59. The zero-order valence-electron chi connectivity index (χ0n) is 19.7. The molecule has 2 aromatic rings. The monoisotopic (exact) mass is 489 g/mol. The second-order valence-electron chi connectivity index (χ2n) is 10.2. The molecule has 2 aromatic carbocycles. The van der Waals surface area contributed by atoms with Crippen molar-refractivity contribution in [3.8, 4) is 16.9 Å². The Morgan fingerprint density at radius 3 is 2.34 bits per heavy atom. The van der Waals surface area contributed by atoms with Crippen LogP contribution in [0.5, 0.6) is 5.75 Å². The van der Waals surface area contributed by atoms with Gasteiger partial charge in [-0.25, -0.2) is 18.0 Å². The summed E-state index contributed by atoms with van der Waals surface area (Å²) < 4.78 is 54.7. The number of ether oxygens (including phenoxy) is 2. The molecule has 0 amide bonds. The second kappa shape index (κ2) is 9.04. The van der Waals surface area contributed by atoms with Gasteiger partial charge in [-0.2, -0.15) is 0 Å². The Labute approximate surface area is 202 Å². The quantitative estimate of drug-likeness (QED) is 0.423. The van der Waals surface area contributed by atoms with E-state index in [1.54, 1.807) is 30.3 Å². The number of hydrogen-bond acceptors (Lipinski definition) is 4. The van der Waals surface area contributed by atoms with Crippen molar-refractivity contribution in [2.24, 2.45) is 0 Å². The molecule has 0 aromatic heterocycles. The number of benzene rings is 2. The number of nitrogens with one attached hydrogen (secondary N) is 1. The predicted molar refractivity (Wildman–Crippen MR) is 125 cm³/mol. The Hall–Kier alpha value is -2.74. The lowest BCUT2D eigenvalue weighted by Crippen LogP contribution is -2.51. The third-order valence-electron chi connectivity index (χ3n) is 7.02. The number of carboxylic acids is 1. The van der Waals surface area contributed by atoms with Gasteiger partial charge in [0.2, 0.25) is 5.92 Å². The first-order valence-corrected chi connectivity index (χ1v) is 12.3. The van der Waals surface area contributed by atoms with Crippen LogP contribution in [0.2, 0.25) is 0 Å². The second-order valence-corrected chi connectivity index (χ2v) is 10.2. The van der Waals surface area contributed by atoms with E-state index in [0.717, 1.165) is 31.2 Å². The van der Waals surface area contributed by atoms with Crippen LogP contribution in [0.15, 0.2) is 30.3 Å². The summed E-state index contributed by atoms with van der Waals surface area (Å²) in [6.07, 6.45) is 2.67. The van der Waals surface area contributed by atoms with Crippen LogP contribution in [0.1, 0.15) is 62.5 Å². The summed E-state index contributed by atoms with van der Waals surface area (Å²) in [5.74, 6) is -4.21. The lowest BCUT2D eigenvalue weighted by molar-refractivity contribution is -0.146. The highest BCUT2D eigenvalue weighted by molar-refractivity contribution is 5.83. The van der Waals surface area contributed by atoms with E-state index in [2.05, 4.69) is 5.32 Å². The molecule has 2 N–H and O–H groups in total. The number of carbonyl (C=O) groups is 1. The number of rotatable bonds is 9. The smallest absolute Gasteiger partial charge is 0.329 e. The van der Waals surface area contributed by atoms with Gasteiger partial charge in [0.15, 0.2) is 11.6 Å². The minimum Gasteiger partial charge on any atom is -0.487 e. The van der Waals surface area contributed by atoms with Crippen molar-refractivity contribution in [2.45, 2.75) is 88.6 Å². The molecule has 0 unspecified atom stereocenters. The molecule has 0 atom stereocenters. The Kier molecular flexibility index (Phi) is 6.20. The number of halogens is 3. The van der Waals surface area contributed by atoms with Crippen LogP contribution in [0.4, 0.5) is 18.9 Å². The molecule has 35 heavy (non-hydrogen) atoms. The summed E-state index contributed by atoms with van der Waals surface area (Å²) in [5.41, 5.74) is 1.60. The van der Waals surface area contributed by atoms with E-state index >= 15 is 4.39 Å². The fourth-order valence-electron chi connectivity index (χ4n) is 4.59. The third kappa shape index (κ3) is 5.42. The normalized spacial score (nSPS) is 20.9. The van der Waals surface area contributed by atoms with Crippen molar-refractivity contribution in [3.05, 3.63) is 47.3 Å². The number of carboxylic acid groups (broad SMARTS) is 1. The van der Waals surface area contributed by atoms with Crippen LogP contribution in [0.25, 0.3) is 11.1 Å². The van der Waals surface area contributed by atoms with Crippen LogP contribution in [0, 0.1) is 12.7 Å². The standard InChI is InChI=1S/C27H30F3NO4/c1-16-12-22(24(28)23(13-16)35-20-5-6-20)21-7-2-18(14-17(21)15-34-19-3-4-19)31-26(25(32)33)8-10-27(29,30)11-9-26/h2,7,12-14,19-20,31H,3-6,8-11,15H2,1H3,(H,32,33). The van der Waals surface area contributed by atoms with Crippen LogP contribution in [-0.2, 0) is 16.1 Å². The summed E-state index contributed by atoms with van der Waals surface area (Å²) >= 11 is 0. The van der Waals surface area contributed by atoms with Crippen molar-refractivity contribution < 1.29 is 32.5 Å². The molecule has 3 saturated carbocycles. The number of aliphatic carboxylic acids is 1. The Morgan fingerprint density at radius 1 is 1.03 bits per heavy atom. The SMILES string of the molecule is Cc1cc(OC2CC2)c(F)c(-c2ccc(NC3(C(=O)O)CCC(F)(F)CC3)cc2COC2CC2)c1. The number of alkyl halides is 2. The summed E-state index contributed by atoms with van der Waals surface area (Å²) in [4.78, 5) is 12.1. The van der Waals surface area contributed by atoms with E-state index in [0.29, 0.717) is 22.4 Å². The number of hydrogen-bond donors (Lipinski definition) is 2. The summed E-state index contributed by atoms with van der Waals surface area (Å²) in [6.45, 7) is 2.12. The third-order valence-corrected chi connectivity index (χ3v) is 7.02. The van der Waals surface area contributed by atoms with E-state index in [-0.39, 0.29) is 37.4 Å². The number of anilines is 1. The van der Waals surface area contributed by atoms with Gasteiger partial charge in [0.05, 0.1) is 18.8 Å². The average molecular weight is 490 g/mol. The first-order chi connectivity index (χ1) is 16.6. The van der Waals surface area contributed by atoms with Gasteiger partial charge in [-0.1, -0.05) is 6.07 Å². The zero-order valence-corrected chi connectivity index (χ0v) is 19.7. The molecule has 0 saturated heterocycles. The van der Waals surface area contributed by atoms with Crippen molar-refractivity contribution >= 4 is 11.7 Å². The minimum absolute atomic E-state index is 0.0541. The molecule has 0 bridgehead atoms. The molecular formula is C27H30F3NO4. The molecule has 8 heteroatoms. The molecule has 0 radical (unpaired) electrons. The van der Waals surface area contributed by atoms with Crippen LogP contribution >= 0.6 is 0 Å².